The molecule has 0 aromatic carbocycles. The molecule has 21 heavy (non-hydrogen) atoms. The van der Waals surface area contributed by atoms with Crippen LogP contribution in [0.3, 0.4) is 0 Å². The van der Waals surface area contributed by atoms with Gasteiger partial charge in [-0.05, 0) is 44.2 Å². The topological polar surface area (TPSA) is 15.3 Å². The van der Waals surface area contributed by atoms with Gasteiger partial charge in [-0.1, -0.05) is 27.7 Å². The highest BCUT2D eigenvalue weighted by Crippen LogP contribution is 2.34. The lowest BCUT2D eigenvalue weighted by atomic mass is 9.84. The number of nitrogens with zero attached hydrogens (tertiary/aromatic N) is 1. The van der Waals surface area contributed by atoms with Crippen LogP contribution in [0.15, 0.2) is 6.07 Å². The quantitative estimate of drug-likeness (QED) is 0.883. The highest BCUT2D eigenvalue weighted by Gasteiger charge is 2.36. The second kappa shape index (κ2) is 6.39. The summed E-state index contributed by atoms with van der Waals surface area (Å²) in [7, 11) is 0. The SMILES string of the molecule is CCC1CNC(C(C)(C)C)CN1C(C)c1cc(C)sc1C. The third-order valence-electron chi connectivity index (χ3n) is 5.01. The largest absolute Gasteiger partial charge is 0.311 e. The molecule has 1 saturated heterocycles. The lowest BCUT2D eigenvalue weighted by molar-refractivity contribution is 0.0530. The normalized spacial score (nSPS) is 26.0. The zero-order chi connectivity index (χ0) is 15.8. The number of rotatable bonds is 3. The molecule has 3 heteroatoms. The van der Waals surface area contributed by atoms with E-state index in [1.165, 1.54) is 21.7 Å². The van der Waals surface area contributed by atoms with Crippen molar-refractivity contribution in [2.24, 2.45) is 5.41 Å². The summed E-state index contributed by atoms with van der Waals surface area (Å²) in [5, 5.41) is 3.78. The average molecular weight is 309 g/mol. The fraction of sp³-hybridized carbons (Fsp3) is 0.778. The van der Waals surface area contributed by atoms with E-state index in [4.69, 9.17) is 0 Å². The van der Waals surface area contributed by atoms with Gasteiger partial charge in [-0.15, -0.1) is 11.3 Å². The van der Waals surface area contributed by atoms with Crippen LogP contribution in [0.25, 0.3) is 0 Å². The Labute approximate surface area is 134 Å². The molecule has 3 atom stereocenters. The molecule has 2 heterocycles. The first-order valence-corrected chi connectivity index (χ1v) is 9.11. The van der Waals surface area contributed by atoms with Crippen molar-refractivity contribution >= 4 is 11.3 Å². The van der Waals surface area contributed by atoms with Crippen molar-refractivity contribution in [3.8, 4) is 0 Å². The van der Waals surface area contributed by atoms with Gasteiger partial charge in [-0.3, -0.25) is 4.90 Å². The van der Waals surface area contributed by atoms with E-state index in [1.54, 1.807) is 0 Å². The molecule has 1 aromatic heterocycles. The first-order chi connectivity index (χ1) is 9.74. The third-order valence-corrected chi connectivity index (χ3v) is 5.99. The lowest BCUT2D eigenvalue weighted by Gasteiger charge is -2.47. The summed E-state index contributed by atoms with van der Waals surface area (Å²) in [6.07, 6.45) is 1.22. The summed E-state index contributed by atoms with van der Waals surface area (Å²) in [5.41, 5.74) is 1.85. The number of piperazine rings is 1. The average Bonchev–Trinajstić information content (AvgIpc) is 2.75. The Hall–Kier alpha value is -0.380. The van der Waals surface area contributed by atoms with Gasteiger partial charge in [0.15, 0.2) is 0 Å². The summed E-state index contributed by atoms with van der Waals surface area (Å²) in [4.78, 5) is 5.66. The molecule has 1 aliphatic heterocycles. The van der Waals surface area contributed by atoms with E-state index in [0.29, 0.717) is 23.5 Å². The van der Waals surface area contributed by atoms with Crippen LogP contribution in [-0.2, 0) is 0 Å². The first kappa shape index (κ1) is 17.0. The van der Waals surface area contributed by atoms with Crippen LogP contribution >= 0.6 is 11.3 Å². The van der Waals surface area contributed by atoms with Crippen molar-refractivity contribution in [1.29, 1.82) is 0 Å². The van der Waals surface area contributed by atoms with E-state index < -0.39 is 0 Å². The second-order valence-corrected chi connectivity index (χ2v) is 9.09. The van der Waals surface area contributed by atoms with Gasteiger partial charge in [0, 0.05) is 41.0 Å². The van der Waals surface area contributed by atoms with Crippen LogP contribution in [0, 0.1) is 19.3 Å². The molecule has 0 spiro atoms. The van der Waals surface area contributed by atoms with Crippen LogP contribution in [-0.4, -0.2) is 30.1 Å². The van der Waals surface area contributed by atoms with Gasteiger partial charge in [0.2, 0.25) is 0 Å². The van der Waals surface area contributed by atoms with Gasteiger partial charge >= 0.3 is 0 Å². The van der Waals surface area contributed by atoms with Gasteiger partial charge in [0.05, 0.1) is 0 Å². The third kappa shape index (κ3) is 3.69. The summed E-state index contributed by atoms with van der Waals surface area (Å²) >= 11 is 1.93. The van der Waals surface area contributed by atoms with Crippen LogP contribution in [0.2, 0.25) is 0 Å². The first-order valence-electron chi connectivity index (χ1n) is 8.30. The monoisotopic (exact) mass is 308 g/mol. The van der Waals surface area contributed by atoms with Gasteiger partial charge in [0.1, 0.15) is 0 Å². The predicted octanol–water partition coefficient (Wildman–Crippen LogP) is 4.52. The fourth-order valence-electron chi connectivity index (χ4n) is 3.50. The van der Waals surface area contributed by atoms with Crippen molar-refractivity contribution in [3.05, 3.63) is 21.4 Å². The van der Waals surface area contributed by atoms with Crippen LogP contribution in [0.4, 0.5) is 0 Å². The molecule has 3 unspecified atom stereocenters. The van der Waals surface area contributed by atoms with Crippen LogP contribution < -0.4 is 5.32 Å². The molecule has 0 bridgehead atoms. The Morgan fingerprint density at radius 3 is 2.52 bits per heavy atom. The molecule has 1 N–H and O–H groups in total. The number of thiophene rings is 1. The van der Waals surface area contributed by atoms with Crippen molar-refractivity contribution in [2.45, 2.75) is 73.0 Å². The Kier molecular flexibility index (Phi) is 5.17. The number of nitrogens with one attached hydrogen (secondary N) is 1. The molecular weight excluding hydrogens is 276 g/mol. The van der Waals surface area contributed by atoms with E-state index in [-0.39, 0.29) is 0 Å². The van der Waals surface area contributed by atoms with E-state index >= 15 is 0 Å². The minimum absolute atomic E-state index is 0.316. The number of hydrogen-bond donors (Lipinski definition) is 1. The second-order valence-electron chi connectivity index (χ2n) is 7.63. The predicted molar refractivity (Wildman–Crippen MR) is 94.2 cm³/mol. The van der Waals surface area contributed by atoms with Crippen molar-refractivity contribution in [3.63, 3.8) is 0 Å². The van der Waals surface area contributed by atoms with E-state index in [9.17, 15) is 0 Å². The number of hydrogen-bond acceptors (Lipinski definition) is 3. The summed E-state index contributed by atoms with van der Waals surface area (Å²) < 4.78 is 0. The van der Waals surface area contributed by atoms with Crippen molar-refractivity contribution in [2.75, 3.05) is 13.1 Å². The Morgan fingerprint density at radius 2 is 2.05 bits per heavy atom. The zero-order valence-corrected chi connectivity index (χ0v) is 15.6. The van der Waals surface area contributed by atoms with E-state index in [0.717, 1.165) is 13.1 Å². The molecular formula is C18H32N2S. The summed E-state index contributed by atoms with van der Waals surface area (Å²) in [6, 6.07) is 4.14. The van der Waals surface area contributed by atoms with Crippen molar-refractivity contribution < 1.29 is 0 Å². The Balaban J connectivity index is 2.22. The maximum absolute atomic E-state index is 3.78. The molecule has 1 aliphatic rings. The Morgan fingerprint density at radius 1 is 1.38 bits per heavy atom. The molecule has 0 amide bonds. The van der Waals surface area contributed by atoms with Gasteiger partial charge in [-0.2, -0.15) is 0 Å². The standard InChI is InChI=1S/C18H32N2S/c1-8-15-10-19-17(18(5,6)7)11-20(15)13(3)16-9-12(2)21-14(16)4/h9,13,15,17,19H,8,10-11H2,1-7H3. The molecule has 1 aromatic rings. The van der Waals surface area contributed by atoms with Crippen molar-refractivity contribution in [1.82, 2.24) is 10.2 Å². The highest BCUT2D eigenvalue weighted by atomic mass is 32.1. The molecule has 0 radical (unpaired) electrons. The summed E-state index contributed by atoms with van der Waals surface area (Å²) in [5.74, 6) is 0. The maximum atomic E-state index is 3.78. The Bertz CT molecular complexity index is 472. The van der Waals surface area contributed by atoms with Crippen LogP contribution in [0.1, 0.15) is 62.4 Å². The van der Waals surface area contributed by atoms with Gasteiger partial charge in [-0.25, -0.2) is 0 Å². The fourth-order valence-corrected chi connectivity index (χ4v) is 4.51. The molecule has 120 valence electrons. The van der Waals surface area contributed by atoms with Gasteiger partial charge < -0.3 is 5.32 Å². The van der Waals surface area contributed by atoms with E-state index in [2.05, 4.69) is 64.7 Å². The van der Waals surface area contributed by atoms with Crippen LogP contribution in [0.5, 0.6) is 0 Å². The molecule has 2 rings (SSSR count). The minimum Gasteiger partial charge on any atom is -0.311 e. The van der Waals surface area contributed by atoms with E-state index in [1.807, 2.05) is 11.3 Å². The highest BCUT2D eigenvalue weighted by molar-refractivity contribution is 7.12. The molecule has 0 aliphatic carbocycles. The lowest BCUT2D eigenvalue weighted by Crippen LogP contribution is -2.60. The number of aryl methyl sites for hydroxylation is 2. The summed E-state index contributed by atoms with van der Waals surface area (Å²) in [6.45, 7) is 18.5. The zero-order valence-electron chi connectivity index (χ0n) is 14.8. The maximum Gasteiger partial charge on any atom is 0.0335 e. The molecule has 0 saturated carbocycles. The minimum atomic E-state index is 0.316. The molecule has 1 fully saturated rings. The molecule has 2 nitrogen and oxygen atoms in total. The van der Waals surface area contributed by atoms with Gasteiger partial charge in [0.25, 0.3) is 0 Å². The smallest absolute Gasteiger partial charge is 0.0335 e.